The number of carbonyl (C=O) groups excluding carboxylic acids is 2. The molecule has 2 amide bonds. The number of carbonyl (C=O) groups is 2. The summed E-state index contributed by atoms with van der Waals surface area (Å²) in [5, 5.41) is 3.33. The summed E-state index contributed by atoms with van der Waals surface area (Å²) in [5.74, 6) is -0.0831. The molecule has 1 aromatic carbocycles. The Morgan fingerprint density at radius 1 is 1.07 bits per heavy atom. The van der Waals surface area contributed by atoms with Crippen LogP contribution in [0, 0.1) is 13.8 Å². The van der Waals surface area contributed by atoms with Crippen LogP contribution in [0.5, 0.6) is 0 Å². The number of benzene rings is 1. The molecule has 2 aromatic rings. The second-order valence-corrected chi connectivity index (χ2v) is 6.88. The minimum absolute atomic E-state index is 0.0831. The first kappa shape index (κ1) is 19.7. The molecule has 0 atom stereocenters. The summed E-state index contributed by atoms with van der Waals surface area (Å²) in [6.07, 6.45) is 2.96. The van der Waals surface area contributed by atoms with Gasteiger partial charge in [-0.25, -0.2) is 4.79 Å². The molecule has 1 N–H and O–H groups in total. The number of aromatic nitrogens is 1. The zero-order valence-electron chi connectivity index (χ0n) is 16.6. The average molecular weight is 382 g/mol. The van der Waals surface area contributed by atoms with Gasteiger partial charge in [-0.1, -0.05) is 17.7 Å². The van der Waals surface area contributed by atoms with Crippen molar-refractivity contribution in [2.45, 2.75) is 20.8 Å². The summed E-state index contributed by atoms with van der Waals surface area (Å²) in [4.78, 5) is 32.2. The molecule has 1 aromatic heterocycles. The maximum absolute atomic E-state index is 12.8. The van der Waals surface area contributed by atoms with E-state index in [2.05, 4.69) is 23.3 Å². The van der Waals surface area contributed by atoms with Gasteiger partial charge in [0.2, 0.25) is 0 Å². The minimum Gasteiger partial charge on any atom is -0.450 e. The van der Waals surface area contributed by atoms with Gasteiger partial charge in [0.15, 0.2) is 0 Å². The monoisotopic (exact) mass is 382 g/mol. The van der Waals surface area contributed by atoms with Crippen LogP contribution in [-0.2, 0) is 4.74 Å². The lowest BCUT2D eigenvalue weighted by atomic mass is 10.1. The number of pyridine rings is 1. The van der Waals surface area contributed by atoms with Crippen LogP contribution in [0.4, 0.5) is 16.2 Å². The van der Waals surface area contributed by atoms with Crippen molar-refractivity contribution in [2.24, 2.45) is 0 Å². The van der Waals surface area contributed by atoms with Gasteiger partial charge in [0.25, 0.3) is 5.91 Å². The normalized spacial score (nSPS) is 14.0. The summed E-state index contributed by atoms with van der Waals surface area (Å²) in [6.45, 7) is 8.13. The molecule has 0 radical (unpaired) electrons. The van der Waals surface area contributed by atoms with Gasteiger partial charge in [-0.15, -0.1) is 0 Å². The van der Waals surface area contributed by atoms with E-state index in [0.29, 0.717) is 38.3 Å². The lowest BCUT2D eigenvalue weighted by Crippen LogP contribution is -2.50. The fraction of sp³-hybridized carbons (Fsp3) is 0.381. The van der Waals surface area contributed by atoms with E-state index >= 15 is 0 Å². The zero-order chi connectivity index (χ0) is 20.1. The molecule has 28 heavy (non-hydrogen) atoms. The molecule has 0 spiro atoms. The molecule has 3 rings (SSSR count). The highest BCUT2D eigenvalue weighted by Crippen LogP contribution is 2.22. The van der Waals surface area contributed by atoms with Gasteiger partial charge in [0, 0.05) is 38.1 Å². The van der Waals surface area contributed by atoms with Gasteiger partial charge in [-0.3, -0.25) is 9.78 Å². The van der Waals surface area contributed by atoms with Crippen molar-refractivity contribution in [2.75, 3.05) is 38.1 Å². The Bertz CT molecular complexity index is 860. The first-order valence-corrected chi connectivity index (χ1v) is 9.48. The number of nitrogens with zero attached hydrogens (tertiary/aromatic N) is 3. The fourth-order valence-electron chi connectivity index (χ4n) is 3.22. The first-order valence-electron chi connectivity index (χ1n) is 9.48. The number of amides is 2. The molecule has 0 saturated carbocycles. The Kier molecular flexibility index (Phi) is 6.13. The van der Waals surface area contributed by atoms with Crippen LogP contribution in [-0.4, -0.2) is 59.6 Å². The van der Waals surface area contributed by atoms with Gasteiger partial charge in [0.1, 0.15) is 0 Å². The van der Waals surface area contributed by atoms with Crippen molar-refractivity contribution in [3.63, 3.8) is 0 Å². The third kappa shape index (κ3) is 4.60. The maximum atomic E-state index is 12.8. The Balaban J connectivity index is 1.65. The van der Waals surface area contributed by atoms with Crippen molar-refractivity contribution >= 4 is 23.4 Å². The van der Waals surface area contributed by atoms with Crippen molar-refractivity contribution in [3.05, 3.63) is 53.3 Å². The van der Waals surface area contributed by atoms with Crippen LogP contribution in [0.1, 0.15) is 28.4 Å². The molecule has 0 aliphatic carbocycles. The minimum atomic E-state index is -0.323. The molecule has 1 aliphatic heterocycles. The molecule has 7 heteroatoms. The number of aryl methyl sites for hydroxylation is 2. The van der Waals surface area contributed by atoms with E-state index in [-0.39, 0.29) is 12.0 Å². The molecule has 7 nitrogen and oxygen atoms in total. The fourth-order valence-corrected chi connectivity index (χ4v) is 3.22. The summed E-state index contributed by atoms with van der Waals surface area (Å²) in [7, 11) is 0. The lowest BCUT2D eigenvalue weighted by Gasteiger charge is -2.34. The van der Waals surface area contributed by atoms with Crippen LogP contribution in [0.3, 0.4) is 0 Å². The number of anilines is 2. The maximum Gasteiger partial charge on any atom is 0.409 e. The molecular formula is C21H26N4O3. The number of piperazine rings is 1. The molecule has 0 unspecified atom stereocenters. The first-order chi connectivity index (χ1) is 13.5. The number of hydrogen-bond donors (Lipinski definition) is 1. The molecule has 1 fully saturated rings. The van der Waals surface area contributed by atoms with Crippen LogP contribution in [0.25, 0.3) is 0 Å². The van der Waals surface area contributed by atoms with Gasteiger partial charge >= 0.3 is 6.09 Å². The van der Waals surface area contributed by atoms with Crippen LogP contribution >= 0.6 is 0 Å². The van der Waals surface area contributed by atoms with Gasteiger partial charge in [-0.05, 0) is 38.5 Å². The predicted molar refractivity (Wildman–Crippen MR) is 108 cm³/mol. The van der Waals surface area contributed by atoms with Crippen LogP contribution < -0.4 is 5.32 Å². The highest BCUT2D eigenvalue weighted by Gasteiger charge is 2.25. The molecule has 2 heterocycles. The second-order valence-electron chi connectivity index (χ2n) is 6.88. The zero-order valence-corrected chi connectivity index (χ0v) is 16.6. The van der Waals surface area contributed by atoms with Crippen molar-refractivity contribution < 1.29 is 14.3 Å². The molecule has 1 saturated heterocycles. The van der Waals surface area contributed by atoms with Gasteiger partial charge in [-0.2, -0.15) is 0 Å². The van der Waals surface area contributed by atoms with Crippen molar-refractivity contribution in [1.29, 1.82) is 0 Å². The standard InChI is InChI=1S/C21H26N4O3/c1-4-28-21(27)25-9-7-24(8-10-25)20(26)17-12-18(14-22-13-17)23-19-6-5-15(2)11-16(19)3/h5-6,11-14,23H,4,7-10H2,1-3H3. The predicted octanol–water partition coefficient (Wildman–Crippen LogP) is 3.36. The van der Waals surface area contributed by atoms with E-state index in [4.69, 9.17) is 4.74 Å². The second kappa shape index (κ2) is 8.73. The van der Waals surface area contributed by atoms with Crippen LogP contribution in [0.15, 0.2) is 36.7 Å². The number of hydrogen-bond acceptors (Lipinski definition) is 5. The lowest BCUT2D eigenvalue weighted by molar-refractivity contribution is 0.0570. The molecule has 0 bridgehead atoms. The van der Waals surface area contributed by atoms with E-state index in [0.717, 1.165) is 16.9 Å². The quantitative estimate of drug-likeness (QED) is 0.878. The number of ether oxygens (including phenoxy) is 1. The molecule has 1 aliphatic rings. The summed E-state index contributed by atoms with van der Waals surface area (Å²) in [5.41, 5.74) is 4.61. The Morgan fingerprint density at radius 3 is 2.46 bits per heavy atom. The van der Waals surface area contributed by atoms with Crippen molar-refractivity contribution in [1.82, 2.24) is 14.8 Å². The molecule has 148 valence electrons. The highest BCUT2D eigenvalue weighted by atomic mass is 16.6. The van der Waals surface area contributed by atoms with E-state index < -0.39 is 0 Å². The summed E-state index contributed by atoms with van der Waals surface area (Å²) in [6, 6.07) is 7.98. The average Bonchev–Trinajstić information content (AvgIpc) is 2.70. The Hall–Kier alpha value is -3.09. The molecular weight excluding hydrogens is 356 g/mol. The largest absolute Gasteiger partial charge is 0.450 e. The topological polar surface area (TPSA) is 74.8 Å². The third-order valence-corrected chi connectivity index (χ3v) is 4.74. The summed E-state index contributed by atoms with van der Waals surface area (Å²) >= 11 is 0. The number of nitrogens with one attached hydrogen (secondary N) is 1. The Morgan fingerprint density at radius 2 is 1.79 bits per heavy atom. The van der Waals surface area contributed by atoms with Crippen molar-refractivity contribution in [3.8, 4) is 0 Å². The SMILES string of the molecule is CCOC(=O)N1CCN(C(=O)c2cncc(Nc3ccc(C)cc3C)c2)CC1. The Labute approximate surface area is 165 Å². The van der Waals surface area contributed by atoms with E-state index in [1.807, 2.05) is 25.1 Å². The van der Waals surface area contributed by atoms with E-state index in [9.17, 15) is 9.59 Å². The van der Waals surface area contributed by atoms with Crippen LogP contribution in [0.2, 0.25) is 0 Å². The van der Waals surface area contributed by atoms with E-state index in [1.54, 1.807) is 29.1 Å². The highest BCUT2D eigenvalue weighted by molar-refractivity contribution is 5.95. The van der Waals surface area contributed by atoms with Gasteiger partial charge in [0.05, 0.1) is 24.1 Å². The van der Waals surface area contributed by atoms with Gasteiger partial charge < -0.3 is 19.9 Å². The smallest absolute Gasteiger partial charge is 0.409 e. The number of rotatable bonds is 4. The third-order valence-electron chi connectivity index (χ3n) is 4.74. The summed E-state index contributed by atoms with van der Waals surface area (Å²) < 4.78 is 5.02. The van der Waals surface area contributed by atoms with E-state index in [1.165, 1.54) is 5.56 Å².